The van der Waals surface area contributed by atoms with E-state index >= 15 is 0 Å². The smallest absolute Gasteiger partial charge is 0.290 e. The van der Waals surface area contributed by atoms with Crippen molar-refractivity contribution in [3.05, 3.63) is 24.8 Å². The topological polar surface area (TPSA) is 44.8 Å². The predicted octanol–water partition coefficient (Wildman–Crippen LogP) is 2.74. The van der Waals surface area contributed by atoms with Crippen molar-refractivity contribution >= 4 is 7.82 Å². The van der Waals surface area contributed by atoms with Crippen LogP contribution < -0.4 is 0 Å². The van der Waals surface area contributed by atoms with E-state index in [-0.39, 0.29) is 0 Å². The monoisotopic (exact) mass is 228 g/mol. The molecule has 0 aliphatic carbocycles. The average Bonchev–Trinajstić information content (AvgIpc) is 2.11. The predicted molar refractivity (Wildman–Crippen MR) is 47.0 cm³/mol. The van der Waals surface area contributed by atoms with Gasteiger partial charge in [-0.1, -0.05) is 13.2 Å². The third-order valence-electron chi connectivity index (χ3n) is 0.982. The first-order valence-corrected chi connectivity index (χ1v) is 4.97. The minimum absolute atomic E-state index is 0.635. The molecule has 0 spiro atoms. The molecule has 0 N–H and O–H groups in total. The van der Waals surface area contributed by atoms with E-state index in [2.05, 4.69) is 26.7 Å². The van der Waals surface area contributed by atoms with Gasteiger partial charge in [-0.05, 0) is 0 Å². The Morgan fingerprint density at radius 2 is 1.57 bits per heavy atom. The van der Waals surface area contributed by atoms with Crippen molar-refractivity contribution in [1.29, 1.82) is 0 Å². The molecule has 0 unspecified atom stereocenters. The maximum Gasteiger partial charge on any atom is 0.475 e. The van der Waals surface area contributed by atoms with Gasteiger partial charge in [-0.15, -0.1) is 0 Å². The van der Waals surface area contributed by atoms with Crippen molar-refractivity contribution in [2.24, 2.45) is 0 Å². The molecule has 0 aromatic carbocycles. The fourth-order valence-corrected chi connectivity index (χ4v) is 1.32. The highest BCUT2D eigenvalue weighted by molar-refractivity contribution is 7.48. The molecule has 0 fully saturated rings. The maximum atomic E-state index is 12.1. The highest BCUT2D eigenvalue weighted by Crippen LogP contribution is 2.49. The molecule has 0 aliphatic rings. The van der Waals surface area contributed by atoms with E-state index in [4.69, 9.17) is 0 Å². The Balaban J connectivity index is 4.11. The first-order chi connectivity index (χ1) is 6.39. The van der Waals surface area contributed by atoms with Crippen LogP contribution in [0.4, 0.5) is 8.78 Å². The number of hydrogen-bond donors (Lipinski definition) is 0. The summed E-state index contributed by atoms with van der Waals surface area (Å²) in [7, 11) is -2.88. The summed E-state index contributed by atoms with van der Waals surface area (Å²) in [5, 5.41) is 0. The standard InChI is InChI=1S/C7H11F2O4P/c1-6(8)4-12-14(10,11-3)13-5-7(2)9/h1-2,4-5H2,3H3. The van der Waals surface area contributed by atoms with Gasteiger partial charge in [-0.3, -0.25) is 13.6 Å². The van der Waals surface area contributed by atoms with Crippen LogP contribution in [0.2, 0.25) is 0 Å². The van der Waals surface area contributed by atoms with Crippen molar-refractivity contribution in [3.63, 3.8) is 0 Å². The van der Waals surface area contributed by atoms with Gasteiger partial charge in [0.1, 0.15) is 24.9 Å². The summed E-state index contributed by atoms with van der Waals surface area (Å²) in [5.74, 6) is -1.69. The van der Waals surface area contributed by atoms with E-state index in [1.807, 2.05) is 0 Å². The molecule has 0 aromatic rings. The lowest BCUT2D eigenvalue weighted by Crippen LogP contribution is -2.01. The van der Waals surface area contributed by atoms with Gasteiger partial charge in [0.25, 0.3) is 0 Å². The molecule has 0 saturated heterocycles. The van der Waals surface area contributed by atoms with E-state index in [0.717, 1.165) is 7.11 Å². The summed E-state index contributed by atoms with van der Waals surface area (Å²) in [6, 6.07) is 0. The second kappa shape index (κ2) is 6.03. The highest BCUT2D eigenvalue weighted by Gasteiger charge is 2.25. The lowest BCUT2D eigenvalue weighted by atomic mass is 10.7. The van der Waals surface area contributed by atoms with Crippen molar-refractivity contribution in [2.75, 3.05) is 20.3 Å². The van der Waals surface area contributed by atoms with Crippen LogP contribution in [-0.2, 0) is 18.1 Å². The number of hydrogen-bond acceptors (Lipinski definition) is 4. The minimum Gasteiger partial charge on any atom is -0.290 e. The zero-order chi connectivity index (χ0) is 11.2. The molecule has 0 radical (unpaired) electrons. The second-order valence-electron chi connectivity index (χ2n) is 2.21. The summed E-state index contributed by atoms with van der Waals surface area (Å²) in [5.41, 5.74) is 0. The molecule has 0 rings (SSSR count). The Kier molecular flexibility index (Phi) is 5.79. The number of phosphoric acid groups is 1. The fourth-order valence-electron chi connectivity index (χ4n) is 0.441. The van der Waals surface area contributed by atoms with Crippen LogP contribution in [0, 0.1) is 0 Å². The number of phosphoric ester groups is 1. The first-order valence-electron chi connectivity index (χ1n) is 3.51. The van der Waals surface area contributed by atoms with E-state index in [9.17, 15) is 13.3 Å². The quantitative estimate of drug-likeness (QED) is 0.628. The van der Waals surface area contributed by atoms with Gasteiger partial charge < -0.3 is 0 Å². The summed E-state index contributed by atoms with van der Waals surface area (Å²) in [6.07, 6.45) is 0. The van der Waals surface area contributed by atoms with Crippen LogP contribution in [0.25, 0.3) is 0 Å². The number of rotatable bonds is 7. The summed E-state index contributed by atoms with van der Waals surface area (Å²) in [6.45, 7) is 4.47. The molecule has 0 heterocycles. The third-order valence-corrected chi connectivity index (χ3v) is 2.32. The van der Waals surface area contributed by atoms with E-state index < -0.39 is 32.7 Å². The zero-order valence-corrected chi connectivity index (χ0v) is 8.56. The van der Waals surface area contributed by atoms with Crippen LogP contribution >= 0.6 is 7.82 Å². The van der Waals surface area contributed by atoms with Crippen molar-refractivity contribution < 1.29 is 26.9 Å². The van der Waals surface area contributed by atoms with Crippen molar-refractivity contribution in [1.82, 2.24) is 0 Å². The summed E-state index contributed by atoms with van der Waals surface area (Å²) >= 11 is 0. The SMILES string of the molecule is C=C(F)COP(=O)(OC)OCC(=C)F. The molecule has 4 nitrogen and oxygen atoms in total. The number of halogens is 2. The van der Waals surface area contributed by atoms with Gasteiger partial charge in [0.05, 0.1) is 0 Å². The molecular formula is C7H11F2O4P. The fraction of sp³-hybridized carbons (Fsp3) is 0.429. The Morgan fingerprint density at radius 1 is 1.21 bits per heavy atom. The Labute approximate surface area is 80.8 Å². The van der Waals surface area contributed by atoms with Crippen LogP contribution in [0.3, 0.4) is 0 Å². The molecule has 0 saturated carbocycles. The summed E-state index contributed by atoms with van der Waals surface area (Å²) < 4.78 is 48.7. The highest BCUT2D eigenvalue weighted by atomic mass is 31.2. The average molecular weight is 228 g/mol. The maximum absolute atomic E-state index is 12.1. The van der Waals surface area contributed by atoms with Crippen LogP contribution in [0.1, 0.15) is 0 Å². The minimum atomic E-state index is -3.91. The first kappa shape index (κ1) is 13.4. The Hall–Kier alpha value is -0.550. The molecule has 0 aromatic heterocycles. The molecule has 0 aliphatic heterocycles. The normalized spacial score (nSPS) is 11.4. The lowest BCUT2D eigenvalue weighted by Gasteiger charge is -2.14. The lowest BCUT2D eigenvalue weighted by molar-refractivity contribution is 0.137. The molecule has 7 heteroatoms. The molecule has 0 bridgehead atoms. The Morgan fingerprint density at radius 3 is 1.79 bits per heavy atom. The van der Waals surface area contributed by atoms with Gasteiger partial charge in [0.15, 0.2) is 0 Å². The van der Waals surface area contributed by atoms with Gasteiger partial charge in [-0.2, -0.15) is 0 Å². The van der Waals surface area contributed by atoms with Crippen LogP contribution in [0.5, 0.6) is 0 Å². The Bertz CT molecular complexity index is 244. The van der Waals surface area contributed by atoms with Gasteiger partial charge in [0, 0.05) is 7.11 Å². The summed E-state index contributed by atoms with van der Waals surface area (Å²) in [4.78, 5) is 0. The van der Waals surface area contributed by atoms with Crippen LogP contribution in [0.15, 0.2) is 24.8 Å². The van der Waals surface area contributed by atoms with Crippen LogP contribution in [-0.4, -0.2) is 20.3 Å². The molecule has 0 atom stereocenters. The van der Waals surface area contributed by atoms with E-state index in [1.54, 1.807) is 0 Å². The van der Waals surface area contributed by atoms with Gasteiger partial charge in [-0.25, -0.2) is 13.3 Å². The third kappa shape index (κ3) is 5.99. The largest absolute Gasteiger partial charge is 0.475 e. The van der Waals surface area contributed by atoms with E-state index in [0.29, 0.717) is 0 Å². The van der Waals surface area contributed by atoms with Gasteiger partial charge >= 0.3 is 7.82 Å². The second-order valence-corrected chi connectivity index (χ2v) is 3.99. The van der Waals surface area contributed by atoms with Crippen molar-refractivity contribution in [2.45, 2.75) is 0 Å². The van der Waals surface area contributed by atoms with Gasteiger partial charge in [0.2, 0.25) is 0 Å². The molecular weight excluding hydrogens is 217 g/mol. The van der Waals surface area contributed by atoms with Crippen molar-refractivity contribution in [3.8, 4) is 0 Å². The molecule has 14 heavy (non-hydrogen) atoms. The zero-order valence-electron chi connectivity index (χ0n) is 7.66. The molecule has 82 valence electrons. The van der Waals surface area contributed by atoms with E-state index in [1.165, 1.54) is 0 Å². The molecule has 0 amide bonds.